The van der Waals surface area contributed by atoms with Crippen LogP contribution in [0.3, 0.4) is 0 Å². The molecule has 3 rings (SSSR count). The van der Waals surface area contributed by atoms with Gasteiger partial charge in [-0.2, -0.15) is 0 Å². The zero-order valence-corrected chi connectivity index (χ0v) is 12.8. The number of anilines is 1. The number of ketones is 1. The fourth-order valence-electron chi connectivity index (χ4n) is 2.48. The Morgan fingerprint density at radius 3 is 2.59 bits per heavy atom. The quantitative estimate of drug-likeness (QED) is 0.844. The number of nitrogens with one attached hydrogen (secondary N) is 1. The molecule has 0 saturated carbocycles. The molecule has 22 heavy (non-hydrogen) atoms. The topological polar surface area (TPSA) is 66.4 Å². The van der Waals surface area contributed by atoms with Gasteiger partial charge in [-0.05, 0) is 24.3 Å². The summed E-state index contributed by atoms with van der Waals surface area (Å²) in [6, 6.07) is 11.2. The molecule has 2 N–H and O–H groups in total. The van der Waals surface area contributed by atoms with Crippen LogP contribution in [0, 0.1) is 0 Å². The summed E-state index contributed by atoms with van der Waals surface area (Å²) in [4.78, 5) is 24.5. The van der Waals surface area contributed by atoms with Gasteiger partial charge in [0.05, 0.1) is 16.5 Å². The highest BCUT2D eigenvalue weighted by Gasteiger charge is 2.46. The summed E-state index contributed by atoms with van der Waals surface area (Å²) in [7, 11) is 0. The van der Waals surface area contributed by atoms with E-state index in [0.717, 1.165) is 0 Å². The summed E-state index contributed by atoms with van der Waals surface area (Å²) >= 11 is 11.7. The second-order valence-corrected chi connectivity index (χ2v) is 5.90. The number of benzene rings is 2. The molecular formula is C16H11Cl2NO3. The fraction of sp³-hybridized carbons (Fsp3) is 0.125. The van der Waals surface area contributed by atoms with E-state index in [4.69, 9.17) is 23.2 Å². The van der Waals surface area contributed by atoms with Gasteiger partial charge in [-0.25, -0.2) is 0 Å². The Labute approximate surface area is 136 Å². The second kappa shape index (κ2) is 5.39. The molecule has 6 heteroatoms. The summed E-state index contributed by atoms with van der Waals surface area (Å²) in [5.74, 6) is -1.00. The highest BCUT2D eigenvalue weighted by molar-refractivity contribution is 6.42. The number of hydrogen-bond donors (Lipinski definition) is 2. The molecule has 2 aromatic rings. The molecule has 1 aliphatic rings. The number of hydrogen-bond acceptors (Lipinski definition) is 3. The zero-order valence-electron chi connectivity index (χ0n) is 11.3. The first kappa shape index (κ1) is 15.0. The standard InChI is InChI=1S/C16H11Cl2NO3/c17-11-6-5-9(7-12(11)18)14(20)8-16(22)10-3-1-2-4-13(10)19-15(16)21/h1-7,22H,8H2,(H,19,21)/t16-/m0/s1. The second-order valence-electron chi connectivity index (χ2n) is 5.09. The molecule has 0 radical (unpaired) electrons. The average molecular weight is 336 g/mol. The summed E-state index contributed by atoms with van der Waals surface area (Å²) in [6.07, 6.45) is -0.367. The van der Waals surface area contributed by atoms with E-state index in [1.807, 2.05) is 0 Å². The average Bonchev–Trinajstić information content (AvgIpc) is 2.74. The molecule has 0 unspecified atom stereocenters. The first-order valence-corrected chi connectivity index (χ1v) is 7.29. The lowest BCUT2D eigenvalue weighted by Gasteiger charge is -2.20. The van der Waals surface area contributed by atoms with Crippen molar-refractivity contribution in [1.29, 1.82) is 0 Å². The van der Waals surface area contributed by atoms with Crippen LogP contribution in [0.15, 0.2) is 42.5 Å². The van der Waals surface area contributed by atoms with Gasteiger partial charge >= 0.3 is 0 Å². The van der Waals surface area contributed by atoms with Gasteiger partial charge in [-0.1, -0.05) is 41.4 Å². The minimum atomic E-state index is -1.88. The molecule has 2 aromatic carbocycles. The number of carbonyl (C=O) groups is 2. The maximum Gasteiger partial charge on any atom is 0.261 e. The van der Waals surface area contributed by atoms with E-state index in [0.29, 0.717) is 21.8 Å². The van der Waals surface area contributed by atoms with Gasteiger partial charge in [-0.15, -0.1) is 0 Å². The SMILES string of the molecule is O=C(C[C@@]1(O)C(=O)Nc2ccccc21)c1ccc(Cl)c(Cl)c1. The molecular weight excluding hydrogens is 325 g/mol. The van der Waals surface area contributed by atoms with Crippen LogP contribution >= 0.6 is 23.2 Å². The van der Waals surface area contributed by atoms with Crippen LogP contribution < -0.4 is 5.32 Å². The Kier molecular flexibility index (Phi) is 3.68. The summed E-state index contributed by atoms with van der Waals surface area (Å²) < 4.78 is 0. The van der Waals surface area contributed by atoms with Crippen molar-refractivity contribution in [2.45, 2.75) is 12.0 Å². The minimum absolute atomic E-state index is 0.246. The Morgan fingerprint density at radius 1 is 1.14 bits per heavy atom. The van der Waals surface area contributed by atoms with Crippen molar-refractivity contribution in [3.05, 3.63) is 63.6 Å². The summed E-state index contributed by atoms with van der Waals surface area (Å²) in [5.41, 5.74) is -0.676. The molecule has 112 valence electrons. The first-order chi connectivity index (χ1) is 10.4. The van der Waals surface area contributed by atoms with Crippen LogP contribution in [0.1, 0.15) is 22.3 Å². The molecule has 0 bridgehead atoms. The van der Waals surface area contributed by atoms with Crippen LogP contribution in [0.25, 0.3) is 0 Å². The number of Topliss-reactive ketones (excluding diaryl/α,β-unsaturated/α-hetero) is 1. The van der Waals surface area contributed by atoms with E-state index < -0.39 is 17.3 Å². The Bertz CT molecular complexity index is 791. The van der Waals surface area contributed by atoms with Crippen molar-refractivity contribution in [2.75, 3.05) is 5.32 Å². The van der Waals surface area contributed by atoms with Gasteiger partial charge in [0.15, 0.2) is 11.4 Å². The molecule has 0 saturated heterocycles. The largest absolute Gasteiger partial charge is 0.375 e. The van der Waals surface area contributed by atoms with Crippen LogP contribution in [0.5, 0.6) is 0 Å². The van der Waals surface area contributed by atoms with Gasteiger partial charge in [0, 0.05) is 16.8 Å². The van der Waals surface area contributed by atoms with Crippen molar-refractivity contribution in [1.82, 2.24) is 0 Å². The number of para-hydroxylation sites is 1. The van der Waals surface area contributed by atoms with Crippen molar-refractivity contribution >= 4 is 40.6 Å². The van der Waals surface area contributed by atoms with E-state index in [9.17, 15) is 14.7 Å². The van der Waals surface area contributed by atoms with Gasteiger partial charge in [0.25, 0.3) is 5.91 Å². The minimum Gasteiger partial charge on any atom is -0.375 e. The van der Waals surface area contributed by atoms with Crippen molar-refractivity contribution in [2.24, 2.45) is 0 Å². The van der Waals surface area contributed by atoms with Gasteiger partial charge < -0.3 is 10.4 Å². The smallest absolute Gasteiger partial charge is 0.261 e. The third kappa shape index (κ3) is 2.39. The highest BCUT2D eigenvalue weighted by atomic mass is 35.5. The van der Waals surface area contributed by atoms with E-state index in [-0.39, 0.29) is 11.4 Å². The third-order valence-corrected chi connectivity index (χ3v) is 4.39. The van der Waals surface area contributed by atoms with Crippen LogP contribution in [0.4, 0.5) is 5.69 Å². The molecule has 1 amide bonds. The van der Waals surface area contributed by atoms with Gasteiger partial charge in [0.2, 0.25) is 0 Å². The monoisotopic (exact) mass is 335 g/mol. The Balaban J connectivity index is 1.93. The fourth-order valence-corrected chi connectivity index (χ4v) is 2.78. The third-order valence-electron chi connectivity index (χ3n) is 3.65. The van der Waals surface area contributed by atoms with Crippen LogP contribution in [0.2, 0.25) is 10.0 Å². The number of aliphatic hydroxyl groups is 1. The number of carbonyl (C=O) groups excluding carboxylic acids is 2. The molecule has 1 atom stereocenters. The van der Waals surface area contributed by atoms with Crippen molar-refractivity contribution in [3.8, 4) is 0 Å². The number of fused-ring (bicyclic) bond motifs is 1. The molecule has 1 heterocycles. The van der Waals surface area contributed by atoms with E-state index >= 15 is 0 Å². The number of halogens is 2. The van der Waals surface area contributed by atoms with Gasteiger partial charge in [-0.3, -0.25) is 9.59 Å². The predicted octanol–water partition coefficient (Wildman–Crippen LogP) is 3.41. The zero-order chi connectivity index (χ0) is 15.9. The number of rotatable bonds is 3. The number of amides is 1. The Morgan fingerprint density at radius 2 is 1.86 bits per heavy atom. The lowest BCUT2D eigenvalue weighted by Crippen LogP contribution is -2.36. The molecule has 0 spiro atoms. The summed E-state index contributed by atoms with van der Waals surface area (Å²) in [5, 5.41) is 13.8. The maximum atomic E-state index is 12.4. The predicted molar refractivity (Wildman–Crippen MR) is 84.4 cm³/mol. The molecule has 0 aromatic heterocycles. The van der Waals surface area contributed by atoms with Crippen molar-refractivity contribution in [3.63, 3.8) is 0 Å². The van der Waals surface area contributed by atoms with Crippen LogP contribution in [-0.2, 0) is 10.4 Å². The van der Waals surface area contributed by atoms with E-state index in [1.165, 1.54) is 18.2 Å². The lowest BCUT2D eigenvalue weighted by atomic mass is 9.88. The molecule has 1 aliphatic heterocycles. The molecule has 4 nitrogen and oxygen atoms in total. The molecule has 0 fully saturated rings. The first-order valence-electron chi connectivity index (χ1n) is 6.53. The van der Waals surface area contributed by atoms with Gasteiger partial charge in [0.1, 0.15) is 0 Å². The maximum absolute atomic E-state index is 12.4. The highest BCUT2D eigenvalue weighted by Crippen LogP contribution is 2.39. The van der Waals surface area contributed by atoms with Crippen molar-refractivity contribution < 1.29 is 14.7 Å². The lowest BCUT2D eigenvalue weighted by molar-refractivity contribution is -0.133. The van der Waals surface area contributed by atoms with E-state index in [1.54, 1.807) is 24.3 Å². The molecule has 0 aliphatic carbocycles. The summed E-state index contributed by atoms with van der Waals surface area (Å²) in [6.45, 7) is 0. The van der Waals surface area contributed by atoms with E-state index in [2.05, 4.69) is 5.32 Å². The Hall–Kier alpha value is -1.88. The normalized spacial score (nSPS) is 19.7. The van der Waals surface area contributed by atoms with Crippen LogP contribution in [-0.4, -0.2) is 16.8 Å².